The molecule has 2 unspecified atom stereocenters. The van der Waals surface area contributed by atoms with E-state index in [1.54, 1.807) is 0 Å². The van der Waals surface area contributed by atoms with Crippen LogP contribution in [-0.2, 0) is 11.2 Å². The van der Waals surface area contributed by atoms with E-state index in [1.807, 2.05) is 45.0 Å². The molecule has 0 heterocycles. The van der Waals surface area contributed by atoms with Gasteiger partial charge in [0.2, 0.25) is 0 Å². The number of fused-ring (bicyclic) bond motifs is 1. The average Bonchev–Trinajstić information content (AvgIpc) is 2.44. The molecule has 1 aliphatic rings. The van der Waals surface area contributed by atoms with Gasteiger partial charge in [0, 0.05) is 17.6 Å². The average molecular weight is 291 g/mol. The Kier molecular flexibility index (Phi) is 5.14. The van der Waals surface area contributed by atoms with Gasteiger partial charge < -0.3 is 15.2 Å². The van der Waals surface area contributed by atoms with Crippen molar-refractivity contribution in [3.63, 3.8) is 0 Å². The first-order valence-electron chi connectivity index (χ1n) is 7.53. The standard InChI is InChI=1S/C17H25NO3/c1-17(2,3)18-10-13(19)11-21-15-9-8-12-6-4-5-7-14(12)16(15)20/h4-7,13,15,18-19H,8-11H2,1-3H3. The predicted molar refractivity (Wildman–Crippen MR) is 82.6 cm³/mol. The van der Waals surface area contributed by atoms with Crippen molar-refractivity contribution in [3.05, 3.63) is 35.4 Å². The van der Waals surface area contributed by atoms with Crippen LogP contribution in [0.2, 0.25) is 0 Å². The minimum absolute atomic E-state index is 0.0350. The summed E-state index contributed by atoms with van der Waals surface area (Å²) < 4.78 is 5.64. The van der Waals surface area contributed by atoms with Gasteiger partial charge in [0.25, 0.3) is 0 Å². The van der Waals surface area contributed by atoms with E-state index in [0.717, 1.165) is 17.5 Å². The number of nitrogens with one attached hydrogen (secondary N) is 1. The Hall–Kier alpha value is -1.23. The first-order chi connectivity index (χ1) is 9.87. The molecule has 2 N–H and O–H groups in total. The summed E-state index contributed by atoms with van der Waals surface area (Å²) >= 11 is 0. The monoisotopic (exact) mass is 291 g/mol. The number of Topliss-reactive ketones (excluding diaryl/α,β-unsaturated/α-hetero) is 1. The maximum Gasteiger partial charge on any atom is 0.191 e. The lowest BCUT2D eigenvalue weighted by atomic mass is 9.89. The molecule has 0 saturated heterocycles. The predicted octanol–water partition coefficient (Wildman–Crippen LogP) is 1.95. The molecule has 0 amide bonds. The largest absolute Gasteiger partial charge is 0.389 e. The van der Waals surface area contributed by atoms with Crippen LogP contribution in [0, 0.1) is 0 Å². The molecule has 1 aromatic rings. The summed E-state index contributed by atoms with van der Waals surface area (Å²) in [7, 11) is 0. The molecule has 1 aromatic carbocycles. The van der Waals surface area contributed by atoms with Gasteiger partial charge in [0.1, 0.15) is 6.10 Å². The third-order valence-electron chi connectivity index (χ3n) is 3.61. The Morgan fingerprint density at radius 3 is 2.81 bits per heavy atom. The summed E-state index contributed by atoms with van der Waals surface area (Å²) in [4.78, 5) is 12.3. The molecular formula is C17H25NO3. The Morgan fingerprint density at radius 1 is 1.38 bits per heavy atom. The first kappa shape index (κ1) is 16.1. The van der Waals surface area contributed by atoms with E-state index in [4.69, 9.17) is 4.74 Å². The molecule has 0 spiro atoms. The van der Waals surface area contributed by atoms with Crippen molar-refractivity contribution in [1.82, 2.24) is 5.32 Å². The molecular weight excluding hydrogens is 266 g/mol. The zero-order valence-electron chi connectivity index (χ0n) is 13.1. The lowest BCUT2D eigenvalue weighted by Crippen LogP contribution is -2.43. The number of aryl methyl sites for hydroxylation is 1. The van der Waals surface area contributed by atoms with Crippen LogP contribution in [-0.4, -0.2) is 41.8 Å². The molecule has 2 rings (SSSR count). The van der Waals surface area contributed by atoms with Crippen molar-refractivity contribution in [2.45, 2.75) is 51.4 Å². The number of β-amino-alcohol motifs (C(OH)–C–C–N with tert-alkyl or cyclic N) is 1. The third kappa shape index (κ3) is 4.63. The van der Waals surface area contributed by atoms with Crippen molar-refractivity contribution in [2.24, 2.45) is 0 Å². The molecule has 1 aliphatic carbocycles. The summed E-state index contributed by atoms with van der Waals surface area (Å²) in [5, 5.41) is 13.1. The van der Waals surface area contributed by atoms with Gasteiger partial charge in [-0.05, 0) is 39.2 Å². The highest BCUT2D eigenvalue weighted by Crippen LogP contribution is 2.23. The van der Waals surface area contributed by atoms with Crippen molar-refractivity contribution in [2.75, 3.05) is 13.2 Å². The second-order valence-electron chi connectivity index (χ2n) is 6.67. The minimum Gasteiger partial charge on any atom is -0.389 e. The zero-order chi connectivity index (χ0) is 15.5. The Bertz CT molecular complexity index is 493. The van der Waals surface area contributed by atoms with Crippen LogP contribution in [0.1, 0.15) is 43.1 Å². The fourth-order valence-electron chi connectivity index (χ4n) is 2.44. The third-order valence-corrected chi connectivity index (χ3v) is 3.61. The molecule has 0 aliphatic heterocycles. The van der Waals surface area contributed by atoms with Gasteiger partial charge in [0.15, 0.2) is 5.78 Å². The molecule has 0 saturated carbocycles. The first-order valence-corrected chi connectivity index (χ1v) is 7.53. The fourth-order valence-corrected chi connectivity index (χ4v) is 2.44. The molecule has 2 atom stereocenters. The van der Waals surface area contributed by atoms with E-state index in [-0.39, 0.29) is 17.9 Å². The molecule has 0 aromatic heterocycles. The van der Waals surface area contributed by atoms with Crippen molar-refractivity contribution in [3.8, 4) is 0 Å². The summed E-state index contributed by atoms with van der Waals surface area (Å²) in [5.74, 6) is 0.0350. The highest BCUT2D eigenvalue weighted by Gasteiger charge is 2.28. The maximum atomic E-state index is 12.3. The SMILES string of the molecule is CC(C)(C)NCC(O)COC1CCc2ccccc2C1=O. The molecule has 4 nitrogen and oxygen atoms in total. The number of carbonyl (C=O) groups is 1. The molecule has 21 heavy (non-hydrogen) atoms. The van der Waals surface area contributed by atoms with E-state index >= 15 is 0 Å². The Labute approximate surface area is 126 Å². The van der Waals surface area contributed by atoms with Gasteiger partial charge in [-0.2, -0.15) is 0 Å². The van der Waals surface area contributed by atoms with E-state index < -0.39 is 12.2 Å². The van der Waals surface area contributed by atoms with Crippen LogP contribution in [0.4, 0.5) is 0 Å². The Morgan fingerprint density at radius 2 is 2.10 bits per heavy atom. The van der Waals surface area contributed by atoms with Crippen LogP contribution in [0.25, 0.3) is 0 Å². The van der Waals surface area contributed by atoms with Crippen molar-refractivity contribution in [1.29, 1.82) is 0 Å². The number of carbonyl (C=O) groups excluding carboxylic acids is 1. The van der Waals surface area contributed by atoms with Gasteiger partial charge in [-0.15, -0.1) is 0 Å². The van der Waals surface area contributed by atoms with Crippen LogP contribution in [0.3, 0.4) is 0 Å². The smallest absolute Gasteiger partial charge is 0.191 e. The normalized spacial score (nSPS) is 20.2. The molecule has 0 bridgehead atoms. The molecule has 4 heteroatoms. The van der Waals surface area contributed by atoms with Gasteiger partial charge in [-0.3, -0.25) is 4.79 Å². The van der Waals surface area contributed by atoms with Crippen LogP contribution >= 0.6 is 0 Å². The van der Waals surface area contributed by atoms with E-state index in [1.165, 1.54) is 0 Å². The van der Waals surface area contributed by atoms with Crippen LogP contribution < -0.4 is 5.32 Å². The van der Waals surface area contributed by atoms with E-state index in [0.29, 0.717) is 13.0 Å². The zero-order valence-corrected chi connectivity index (χ0v) is 13.1. The van der Waals surface area contributed by atoms with Crippen molar-refractivity contribution >= 4 is 5.78 Å². The lowest BCUT2D eigenvalue weighted by Gasteiger charge is -2.26. The molecule has 116 valence electrons. The Balaban J connectivity index is 1.84. The quantitative estimate of drug-likeness (QED) is 0.870. The molecule has 0 fully saturated rings. The highest BCUT2D eigenvalue weighted by molar-refractivity contribution is 6.01. The second-order valence-corrected chi connectivity index (χ2v) is 6.67. The maximum absolute atomic E-state index is 12.3. The number of rotatable bonds is 5. The number of ketones is 1. The number of benzene rings is 1. The molecule has 0 radical (unpaired) electrons. The summed E-state index contributed by atoms with van der Waals surface area (Å²) in [6.45, 7) is 6.77. The minimum atomic E-state index is -0.603. The fraction of sp³-hybridized carbons (Fsp3) is 0.588. The summed E-state index contributed by atoms with van der Waals surface area (Å²) in [6, 6.07) is 7.67. The highest BCUT2D eigenvalue weighted by atomic mass is 16.5. The van der Waals surface area contributed by atoms with Crippen LogP contribution in [0.5, 0.6) is 0 Å². The van der Waals surface area contributed by atoms with E-state index in [2.05, 4.69) is 5.32 Å². The summed E-state index contributed by atoms with van der Waals surface area (Å²) in [6.07, 6.45) is 0.511. The van der Waals surface area contributed by atoms with Gasteiger partial charge >= 0.3 is 0 Å². The number of ether oxygens (including phenoxy) is 1. The summed E-state index contributed by atoms with van der Waals surface area (Å²) in [5.41, 5.74) is 1.81. The topological polar surface area (TPSA) is 58.6 Å². The number of hydrogen-bond donors (Lipinski definition) is 2. The van der Waals surface area contributed by atoms with Gasteiger partial charge in [0.05, 0.1) is 12.7 Å². The second kappa shape index (κ2) is 6.69. The van der Waals surface area contributed by atoms with Gasteiger partial charge in [-0.25, -0.2) is 0 Å². The number of aliphatic hydroxyl groups excluding tert-OH is 1. The van der Waals surface area contributed by atoms with Gasteiger partial charge in [-0.1, -0.05) is 24.3 Å². The lowest BCUT2D eigenvalue weighted by molar-refractivity contribution is -0.00739. The van der Waals surface area contributed by atoms with Crippen LogP contribution in [0.15, 0.2) is 24.3 Å². The van der Waals surface area contributed by atoms with E-state index in [9.17, 15) is 9.90 Å². The number of hydrogen-bond acceptors (Lipinski definition) is 4. The van der Waals surface area contributed by atoms with Crippen molar-refractivity contribution < 1.29 is 14.6 Å². The number of aliphatic hydroxyl groups is 1.